The molecule has 0 bridgehead atoms. The van der Waals surface area contributed by atoms with E-state index in [1.54, 1.807) is 13.8 Å². The van der Waals surface area contributed by atoms with Crippen LogP contribution in [-0.4, -0.2) is 49.5 Å². The van der Waals surface area contributed by atoms with E-state index in [4.69, 9.17) is 9.88 Å². The minimum Gasteiger partial charge on any atom is -0.470 e. The van der Waals surface area contributed by atoms with Crippen LogP contribution in [0.2, 0.25) is 0 Å². The molecule has 10 nitrogen and oxygen atoms in total. The zero-order chi connectivity index (χ0) is 18.9. The van der Waals surface area contributed by atoms with Crippen LogP contribution in [0.5, 0.6) is 5.75 Å². The number of ether oxygens (including phenoxy) is 1. The third-order valence-corrected chi connectivity index (χ3v) is 5.21. The number of anilines is 2. The van der Waals surface area contributed by atoms with Gasteiger partial charge in [-0.15, -0.1) is 0 Å². The molecule has 1 saturated heterocycles. The SMILES string of the molecule is CC1(C)Oc2c(ncnc2N2CCCC(CNS(N)(=O)=O)CC2)NC1=O. The highest BCUT2D eigenvalue weighted by Gasteiger charge is 2.38. The Morgan fingerprint density at radius 1 is 1.38 bits per heavy atom. The zero-order valence-electron chi connectivity index (χ0n) is 14.9. The Bertz CT molecular complexity index is 797. The van der Waals surface area contributed by atoms with Gasteiger partial charge >= 0.3 is 0 Å². The van der Waals surface area contributed by atoms with E-state index in [2.05, 4.69) is 24.9 Å². The van der Waals surface area contributed by atoms with Gasteiger partial charge in [0.2, 0.25) is 5.75 Å². The van der Waals surface area contributed by atoms with Crippen molar-refractivity contribution in [2.75, 3.05) is 29.9 Å². The fourth-order valence-electron chi connectivity index (χ4n) is 3.15. The van der Waals surface area contributed by atoms with E-state index in [-0.39, 0.29) is 11.8 Å². The maximum absolute atomic E-state index is 12.0. The van der Waals surface area contributed by atoms with Crippen molar-refractivity contribution in [3.05, 3.63) is 6.33 Å². The molecule has 26 heavy (non-hydrogen) atoms. The summed E-state index contributed by atoms with van der Waals surface area (Å²) in [6.07, 6.45) is 3.96. The van der Waals surface area contributed by atoms with Crippen LogP contribution in [-0.2, 0) is 15.0 Å². The first kappa shape index (κ1) is 18.8. The maximum Gasteiger partial charge on any atom is 0.274 e. The summed E-state index contributed by atoms with van der Waals surface area (Å²) in [5.41, 5.74) is -1.000. The van der Waals surface area contributed by atoms with Gasteiger partial charge in [-0.05, 0) is 39.0 Å². The highest BCUT2D eigenvalue weighted by molar-refractivity contribution is 7.87. The molecule has 1 fully saturated rings. The number of rotatable bonds is 4. The van der Waals surface area contributed by atoms with E-state index in [0.29, 0.717) is 30.5 Å². The molecule has 3 heterocycles. The third kappa shape index (κ3) is 4.22. The van der Waals surface area contributed by atoms with Gasteiger partial charge in [0.15, 0.2) is 17.2 Å². The summed E-state index contributed by atoms with van der Waals surface area (Å²) in [6, 6.07) is 0. The number of carbonyl (C=O) groups is 1. The fraction of sp³-hybridized carbons (Fsp3) is 0.667. The first-order chi connectivity index (χ1) is 12.2. The van der Waals surface area contributed by atoms with Gasteiger partial charge < -0.3 is 15.0 Å². The molecule has 11 heteroatoms. The number of carbonyl (C=O) groups excluding carboxylic acids is 1. The lowest BCUT2D eigenvalue weighted by Crippen LogP contribution is -2.46. The number of nitrogens with zero attached hydrogens (tertiary/aromatic N) is 3. The normalized spacial score (nSPS) is 22.8. The van der Waals surface area contributed by atoms with Gasteiger partial charge in [0.1, 0.15) is 6.33 Å². The number of amides is 1. The molecule has 4 N–H and O–H groups in total. The largest absolute Gasteiger partial charge is 0.470 e. The average Bonchev–Trinajstić information content (AvgIpc) is 2.78. The highest BCUT2D eigenvalue weighted by Crippen LogP contribution is 2.39. The van der Waals surface area contributed by atoms with Crippen molar-refractivity contribution in [2.24, 2.45) is 11.1 Å². The second-order valence-corrected chi connectivity index (χ2v) is 8.50. The van der Waals surface area contributed by atoms with Gasteiger partial charge in [0, 0.05) is 19.6 Å². The number of hydrogen-bond donors (Lipinski definition) is 3. The van der Waals surface area contributed by atoms with Crippen LogP contribution in [0.1, 0.15) is 33.1 Å². The van der Waals surface area contributed by atoms with Crippen LogP contribution in [0.4, 0.5) is 11.6 Å². The molecule has 1 aromatic heterocycles. The van der Waals surface area contributed by atoms with Crippen LogP contribution >= 0.6 is 0 Å². The Balaban J connectivity index is 1.75. The minimum absolute atomic E-state index is 0.202. The molecule has 0 aromatic carbocycles. The molecule has 0 saturated carbocycles. The summed E-state index contributed by atoms with van der Waals surface area (Å²) < 4.78 is 30.4. The van der Waals surface area contributed by atoms with Crippen molar-refractivity contribution >= 4 is 27.8 Å². The summed E-state index contributed by atoms with van der Waals surface area (Å²) in [5.74, 6) is 1.44. The summed E-state index contributed by atoms with van der Waals surface area (Å²) in [5, 5.41) is 7.76. The Labute approximate surface area is 152 Å². The maximum atomic E-state index is 12.0. The molecule has 144 valence electrons. The van der Waals surface area contributed by atoms with Crippen molar-refractivity contribution in [1.29, 1.82) is 0 Å². The van der Waals surface area contributed by atoms with E-state index in [1.165, 1.54) is 6.33 Å². The molecular formula is C15H24N6O4S. The summed E-state index contributed by atoms with van der Waals surface area (Å²) in [4.78, 5) is 22.6. The average molecular weight is 384 g/mol. The van der Waals surface area contributed by atoms with Gasteiger partial charge in [0.25, 0.3) is 16.1 Å². The van der Waals surface area contributed by atoms with Crippen molar-refractivity contribution in [2.45, 2.75) is 38.7 Å². The molecule has 1 unspecified atom stereocenters. The third-order valence-electron chi connectivity index (χ3n) is 4.64. The molecule has 0 spiro atoms. The summed E-state index contributed by atoms with van der Waals surface area (Å²) >= 11 is 0. The van der Waals surface area contributed by atoms with Crippen molar-refractivity contribution in [3.63, 3.8) is 0 Å². The fourth-order valence-corrected chi connectivity index (χ4v) is 3.62. The van der Waals surface area contributed by atoms with Crippen LogP contribution in [0.15, 0.2) is 6.33 Å². The van der Waals surface area contributed by atoms with Gasteiger partial charge in [-0.25, -0.2) is 19.8 Å². The first-order valence-electron chi connectivity index (χ1n) is 8.53. The second-order valence-electron chi connectivity index (χ2n) is 7.12. The Hall–Kier alpha value is -1.98. The quantitative estimate of drug-likeness (QED) is 0.663. The predicted octanol–water partition coefficient (Wildman–Crippen LogP) is -0.0143. The number of nitrogens with one attached hydrogen (secondary N) is 2. The highest BCUT2D eigenvalue weighted by atomic mass is 32.2. The van der Waals surface area contributed by atoms with E-state index in [1.807, 2.05) is 0 Å². The Kier molecular flexibility index (Phi) is 5.04. The molecule has 0 radical (unpaired) electrons. The molecule has 2 aliphatic rings. The number of aromatic nitrogens is 2. The van der Waals surface area contributed by atoms with E-state index in [0.717, 1.165) is 25.8 Å². The predicted molar refractivity (Wildman–Crippen MR) is 96.0 cm³/mol. The lowest BCUT2D eigenvalue weighted by molar-refractivity contribution is -0.129. The van der Waals surface area contributed by atoms with Crippen molar-refractivity contribution < 1.29 is 17.9 Å². The van der Waals surface area contributed by atoms with Crippen molar-refractivity contribution in [1.82, 2.24) is 14.7 Å². The number of nitrogens with two attached hydrogens (primary N) is 1. The summed E-state index contributed by atoms with van der Waals surface area (Å²) in [7, 11) is -3.68. The van der Waals surface area contributed by atoms with Crippen molar-refractivity contribution in [3.8, 4) is 5.75 Å². The molecule has 1 amide bonds. The smallest absolute Gasteiger partial charge is 0.274 e. The molecule has 1 atom stereocenters. The van der Waals surface area contributed by atoms with Crippen LogP contribution in [0.3, 0.4) is 0 Å². The van der Waals surface area contributed by atoms with Gasteiger partial charge in [-0.3, -0.25) is 4.79 Å². The lowest BCUT2D eigenvalue weighted by Gasteiger charge is -2.33. The number of hydrogen-bond acceptors (Lipinski definition) is 7. The number of fused-ring (bicyclic) bond motifs is 1. The van der Waals surface area contributed by atoms with Gasteiger partial charge in [-0.1, -0.05) is 0 Å². The van der Waals surface area contributed by atoms with Gasteiger partial charge in [0.05, 0.1) is 0 Å². The van der Waals surface area contributed by atoms with Crippen LogP contribution in [0.25, 0.3) is 0 Å². The van der Waals surface area contributed by atoms with Crippen LogP contribution in [0, 0.1) is 5.92 Å². The monoisotopic (exact) mass is 384 g/mol. The standard InChI is InChI=1S/C15H24N6O4S/c1-15(2)14(22)20-12-11(25-15)13(18-9-17-12)21-6-3-4-10(5-7-21)8-19-26(16,23)24/h9-10,19H,3-8H2,1-2H3,(H2,16,23,24)(H,17,18,20,22). The van der Waals surface area contributed by atoms with E-state index >= 15 is 0 Å². The topological polar surface area (TPSA) is 140 Å². The second kappa shape index (κ2) is 6.97. The van der Waals surface area contributed by atoms with Crippen LogP contribution < -0.4 is 24.8 Å². The lowest BCUT2D eigenvalue weighted by atomic mass is 10.0. The minimum atomic E-state index is -3.68. The first-order valence-corrected chi connectivity index (χ1v) is 10.1. The molecule has 2 aliphatic heterocycles. The molecular weight excluding hydrogens is 360 g/mol. The molecule has 0 aliphatic carbocycles. The van der Waals surface area contributed by atoms with E-state index < -0.39 is 15.8 Å². The van der Waals surface area contributed by atoms with E-state index in [9.17, 15) is 13.2 Å². The Morgan fingerprint density at radius 2 is 2.15 bits per heavy atom. The van der Waals surface area contributed by atoms with Gasteiger partial charge in [-0.2, -0.15) is 8.42 Å². The summed E-state index contributed by atoms with van der Waals surface area (Å²) in [6.45, 7) is 5.16. The molecule has 3 rings (SSSR count). The zero-order valence-corrected chi connectivity index (χ0v) is 15.7. The Morgan fingerprint density at radius 3 is 2.88 bits per heavy atom. The molecule has 1 aromatic rings.